The quantitative estimate of drug-likeness (QED) is 0.355. The smallest absolute Gasteiger partial charge is 0.274 e. The molecule has 0 atom stereocenters. The van der Waals surface area contributed by atoms with E-state index in [1.807, 2.05) is 18.2 Å². The molecule has 3 N–H and O–H groups in total. The van der Waals surface area contributed by atoms with E-state index in [0.29, 0.717) is 33.2 Å². The number of hydrogen-bond donors (Lipinski definition) is 2. The Balaban J connectivity index is 1.92. The first-order valence-electron chi connectivity index (χ1n) is 10.2. The number of anilines is 1. The summed E-state index contributed by atoms with van der Waals surface area (Å²) in [6.07, 6.45) is 1.64. The summed E-state index contributed by atoms with van der Waals surface area (Å²) in [5.74, 6) is -0.349. The molecule has 4 aromatic rings. The van der Waals surface area contributed by atoms with Crippen LogP contribution in [0.4, 0.5) is 5.69 Å². The second kappa shape index (κ2) is 9.64. The second-order valence-electron chi connectivity index (χ2n) is 7.44. The lowest BCUT2D eigenvalue weighted by atomic mass is 9.98. The summed E-state index contributed by atoms with van der Waals surface area (Å²) in [5.41, 5.74) is 3.40. The van der Waals surface area contributed by atoms with Gasteiger partial charge in [-0.3, -0.25) is 9.48 Å². The van der Waals surface area contributed by atoms with Gasteiger partial charge < -0.3 is 5.32 Å². The second-order valence-corrected chi connectivity index (χ2v) is 9.44. The van der Waals surface area contributed by atoms with Crippen molar-refractivity contribution >= 4 is 33.2 Å². The van der Waals surface area contributed by atoms with Gasteiger partial charge in [0.15, 0.2) is 0 Å². The number of primary sulfonamides is 1. The van der Waals surface area contributed by atoms with Gasteiger partial charge in [0.05, 0.1) is 11.4 Å². The zero-order valence-electron chi connectivity index (χ0n) is 18.0. The zero-order valence-corrected chi connectivity index (χ0v) is 19.6. The van der Waals surface area contributed by atoms with Crippen molar-refractivity contribution in [1.29, 1.82) is 0 Å². The molecule has 172 valence electrons. The first-order chi connectivity index (χ1) is 16.3. The third-order valence-electron chi connectivity index (χ3n) is 5.09. The number of sulfonamides is 1. The van der Waals surface area contributed by atoms with E-state index in [-0.39, 0.29) is 17.3 Å². The van der Waals surface area contributed by atoms with Gasteiger partial charge >= 0.3 is 0 Å². The fraction of sp³-hybridized carbons (Fsp3) is 0.0400. The first-order valence-corrected chi connectivity index (χ1v) is 12.2. The molecule has 3 aromatic carbocycles. The van der Waals surface area contributed by atoms with Crippen LogP contribution in [0.5, 0.6) is 0 Å². The molecule has 0 spiro atoms. The van der Waals surface area contributed by atoms with Gasteiger partial charge in [-0.2, -0.15) is 5.10 Å². The van der Waals surface area contributed by atoms with Crippen LogP contribution in [0, 0.1) is 0 Å². The standard InChI is InChI=1S/C25H21ClN4O3S/c1-2-16-30-24(25(31)28-20-6-4-3-5-7-20)22(17-8-12-19(26)13-9-17)23(29-30)18-10-14-21(15-11-18)34(27,32)33/h2-15H,1,16H2,(H,28,31)(H2,27,32,33). The Morgan fingerprint density at radius 1 is 1.00 bits per heavy atom. The number of nitrogens with one attached hydrogen (secondary N) is 1. The Hall–Kier alpha value is -3.72. The fourth-order valence-electron chi connectivity index (χ4n) is 3.55. The van der Waals surface area contributed by atoms with Crippen LogP contribution in [-0.4, -0.2) is 24.1 Å². The molecule has 9 heteroatoms. The minimum Gasteiger partial charge on any atom is -0.321 e. The van der Waals surface area contributed by atoms with Crippen LogP contribution in [0.2, 0.25) is 5.02 Å². The Labute approximate surface area is 202 Å². The molecule has 1 heterocycles. The molecule has 4 rings (SSSR count). The average molecular weight is 493 g/mol. The summed E-state index contributed by atoms with van der Waals surface area (Å²) in [5, 5.41) is 13.4. The van der Waals surface area contributed by atoms with Crippen molar-refractivity contribution in [1.82, 2.24) is 9.78 Å². The number of rotatable bonds is 7. The van der Waals surface area contributed by atoms with E-state index in [0.717, 1.165) is 5.56 Å². The van der Waals surface area contributed by atoms with E-state index in [1.165, 1.54) is 12.1 Å². The SMILES string of the molecule is C=CCn1nc(-c2ccc(S(N)(=O)=O)cc2)c(-c2ccc(Cl)cc2)c1C(=O)Nc1ccccc1. The number of carbonyl (C=O) groups excluding carboxylic acids is 1. The van der Waals surface area contributed by atoms with E-state index in [9.17, 15) is 13.2 Å². The number of halogens is 1. The molecule has 1 aromatic heterocycles. The van der Waals surface area contributed by atoms with Crippen molar-refractivity contribution < 1.29 is 13.2 Å². The molecular weight excluding hydrogens is 472 g/mol. The van der Waals surface area contributed by atoms with Gasteiger partial charge in [-0.05, 0) is 42.0 Å². The van der Waals surface area contributed by atoms with Crippen molar-refractivity contribution in [2.45, 2.75) is 11.4 Å². The molecule has 0 aliphatic rings. The van der Waals surface area contributed by atoms with Crippen LogP contribution >= 0.6 is 11.6 Å². The predicted octanol–water partition coefficient (Wildman–Crippen LogP) is 4.96. The van der Waals surface area contributed by atoms with Gasteiger partial charge in [0.2, 0.25) is 10.0 Å². The maximum atomic E-state index is 13.5. The highest BCUT2D eigenvalue weighted by Gasteiger charge is 2.26. The molecule has 0 aliphatic carbocycles. The summed E-state index contributed by atoms with van der Waals surface area (Å²) >= 11 is 6.10. The van der Waals surface area contributed by atoms with Crippen LogP contribution in [0.1, 0.15) is 10.5 Å². The maximum Gasteiger partial charge on any atom is 0.274 e. The van der Waals surface area contributed by atoms with Gasteiger partial charge in [0.25, 0.3) is 5.91 Å². The number of nitrogens with zero attached hydrogens (tertiary/aromatic N) is 2. The summed E-state index contributed by atoms with van der Waals surface area (Å²) in [6, 6.07) is 22.2. The van der Waals surface area contributed by atoms with E-state index in [4.69, 9.17) is 21.8 Å². The van der Waals surface area contributed by atoms with Gasteiger partial charge in [-0.15, -0.1) is 6.58 Å². The maximum absolute atomic E-state index is 13.5. The molecule has 0 fully saturated rings. The van der Waals surface area contributed by atoms with Crippen molar-refractivity contribution in [2.75, 3.05) is 5.32 Å². The summed E-state index contributed by atoms with van der Waals surface area (Å²) in [7, 11) is -3.85. The van der Waals surface area contributed by atoms with Crippen LogP contribution in [0.15, 0.2) is 96.4 Å². The molecule has 7 nitrogen and oxygen atoms in total. The zero-order chi connectivity index (χ0) is 24.3. The third-order valence-corrected chi connectivity index (χ3v) is 6.27. The van der Waals surface area contributed by atoms with Crippen molar-refractivity contribution in [2.24, 2.45) is 5.14 Å². The van der Waals surface area contributed by atoms with Crippen LogP contribution in [0.3, 0.4) is 0 Å². The third kappa shape index (κ3) is 4.94. The van der Waals surface area contributed by atoms with E-state index >= 15 is 0 Å². The number of nitrogens with two attached hydrogens (primary N) is 1. The number of para-hydroxylation sites is 1. The molecular formula is C25H21ClN4O3S. The average Bonchev–Trinajstić information content (AvgIpc) is 3.19. The number of carbonyl (C=O) groups is 1. The molecule has 1 amide bonds. The molecule has 0 saturated heterocycles. The first kappa shape index (κ1) is 23.4. The number of hydrogen-bond acceptors (Lipinski definition) is 4. The van der Waals surface area contributed by atoms with E-state index in [1.54, 1.807) is 59.3 Å². The highest BCUT2D eigenvalue weighted by atomic mass is 35.5. The number of allylic oxidation sites excluding steroid dienone is 1. The normalized spacial score (nSPS) is 11.2. The highest BCUT2D eigenvalue weighted by molar-refractivity contribution is 7.89. The number of aromatic nitrogens is 2. The Kier molecular flexibility index (Phi) is 6.65. The lowest BCUT2D eigenvalue weighted by Gasteiger charge is -2.10. The van der Waals surface area contributed by atoms with Gasteiger partial charge in [-0.1, -0.05) is 60.1 Å². The van der Waals surface area contributed by atoms with Gasteiger partial charge in [0.1, 0.15) is 11.4 Å². The Morgan fingerprint density at radius 3 is 2.21 bits per heavy atom. The minimum atomic E-state index is -3.85. The number of amides is 1. The van der Waals surface area contributed by atoms with E-state index < -0.39 is 10.0 Å². The predicted molar refractivity (Wildman–Crippen MR) is 134 cm³/mol. The molecule has 0 aliphatic heterocycles. The molecule has 0 saturated carbocycles. The largest absolute Gasteiger partial charge is 0.321 e. The lowest BCUT2D eigenvalue weighted by molar-refractivity contribution is 0.101. The van der Waals surface area contributed by atoms with Crippen molar-refractivity contribution in [3.05, 3.63) is 102 Å². The monoisotopic (exact) mass is 492 g/mol. The Bertz CT molecular complexity index is 1450. The summed E-state index contributed by atoms with van der Waals surface area (Å²) in [4.78, 5) is 13.5. The lowest BCUT2D eigenvalue weighted by Crippen LogP contribution is -2.18. The minimum absolute atomic E-state index is 0.0168. The van der Waals surface area contributed by atoms with Crippen LogP contribution in [0.25, 0.3) is 22.4 Å². The van der Waals surface area contributed by atoms with E-state index in [2.05, 4.69) is 11.9 Å². The molecule has 0 radical (unpaired) electrons. The highest BCUT2D eigenvalue weighted by Crippen LogP contribution is 2.36. The fourth-order valence-corrected chi connectivity index (χ4v) is 4.19. The number of benzene rings is 3. The topological polar surface area (TPSA) is 107 Å². The van der Waals surface area contributed by atoms with Gasteiger partial charge in [-0.25, -0.2) is 13.6 Å². The summed E-state index contributed by atoms with van der Waals surface area (Å²) < 4.78 is 24.9. The molecule has 0 unspecified atom stereocenters. The van der Waals surface area contributed by atoms with Crippen LogP contribution < -0.4 is 10.5 Å². The molecule has 0 bridgehead atoms. The van der Waals surface area contributed by atoms with Crippen molar-refractivity contribution in [3.63, 3.8) is 0 Å². The Morgan fingerprint density at radius 2 is 1.62 bits per heavy atom. The van der Waals surface area contributed by atoms with Gasteiger partial charge in [0, 0.05) is 21.8 Å². The molecule has 34 heavy (non-hydrogen) atoms. The van der Waals surface area contributed by atoms with Crippen molar-refractivity contribution in [3.8, 4) is 22.4 Å². The van der Waals surface area contributed by atoms with Crippen LogP contribution in [-0.2, 0) is 16.6 Å². The summed E-state index contributed by atoms with van der Waals surface area (Å²) in [6.45, 7) is 4.07.